The number of benzene rings is 1. The summed E-state index contributed by atoms with van der Waals surface area (Å²) in [6.45, 7) is 5.29. The molecule has 17 heavy (non-hydrogen) atoms. The lowest BCUT2D eigenvalue weighted by atomic mass is 10.1. The van der Waals surface area contributed by atoms with Crippen LogP contribution in [0.4, 0.5) is 10.1 Å². The van der Waals surface area contributed by atoms with E-state index in [0.717, 1.165) is 0 Å². The molecule has 0 aromatic heterocycles. The minimum atomic E-state index is -0.503. The van der Waals surface area contributed by atoms with Crippen molar-refractivity contribution in [3.8, 4) is 6.07 Å². The van der Waals surface area contributed by atoms with E-state index in [9.17, 15) is 4.39 Å². The first-order chi connectivity index (χ1) is 8.24. The Hall–Kier alpha value is -1.86. The molecule has 0 aliphatic heterocycles. The molecule has 0 fully saturated rings. The highest BCUT2D eigenvalue weighted by Crippen LogP contribution is 2.22. The van der Waals surface area contributed by atoms with Crippen molar-refractivity contribution in [3.05, 3.63) is 42.2 Å². The van der Waals surface area contributed by atoms with Crippen molar-refractivity contribution < 1.29 is 9.13 Å². The van der Waals surface area contributed by atoms with Gasteiger partial charge in [0.05, 0.1) is 12.3 Å². The van der Waals surface area contributed by atoms with Crippen LogP contribution in [0, 0.1) is 17.1 Å². The first-order valence-electron chi connectivity index (χ1n) is 5.28. The Kier molecular flexibility index (Phi) is 5.18. The van der Waals surface area contributed by atoms with Crippen molar-refractivity contribution in [1.29, 1.82) is 5.26 Å². The fourth-order valence-corrected chi connectivity index (χ4v) is 1.55. The summed E-state index contributed by atoms with van der Waals surface area (Å²) >= 11 is 0. The maximum atomic E-state index is 13.5. The van der Waals surface area contributed by atoms with Crippen LogP contribution in [0.5, 0.6) is 0 Å². The molecule has 0 radical (unpaired) electrons. The fourth-order valence-electron chi connectivity index (χ4n) is 1.55. The summed E-state index contributed by atoms with van der Waals surface area (Å²) in [5.74, 6) is -0.503. The molecule has 0 N–H and O–H groups in total. The second-order valence-electron chi connectivity index (χ2n) is 3.47. The Morgan fingerprint density at radius 1 is 1.59 bits per heavy atom. The van der Waals surface area contributed by atoms with Crippen LogP contribution < -0.4 is 4.90 Å². The molecule has 0 unspecified atom stereocenters. The Balaban J connectivity index is 3.04. The fraction of sp³-hybridized carbons (Fsp3) is 0.308. The van der Waals surface area contributed by atoms with E-state index >= 15 is 0 Å². The first kappa shape index (κ1) is 13.2. The lowest BCUT2D eigenvalue weighted by Crippen LogP contribution is -2.28. The zero-order chi connectivity index (χ0) is 12.7. The molecule has 0 saturated carbocycles. The molecule has 0 aliphatic rings. The average Bonchev–Trinajstić information content (AvgIpc) is 2.34. The van der Waals surface area contributed by atoms with E-state index in [0.29, 0.717) is 25.4 Å². The number of nitriles is 1. The Morgan fingerprint density at radius 3 is 2.94 bits per heavy atom. The summed E-state index contributed by atoms with van der Waals surface area (Å²) in [6.07, 6.45) is 1.71. The van der Waals surface area contributed by atoms with E-state index in [1.165, 1.54) is 6.07 Å². The summed E-state index contributed by atoms with van der Waals surface area (Å²) in [7, 11) is 1.60. The SMILES string of the molecule is C=CCN(CCOC)c1cccc(F)c1C#N. The van der Waals surface area contributed by atoms with Crippen molar-refractivity contribution in [3.63, 3.8) is 0 Å². The second kappa shape index (κ2) is 6.66. The Bertz CT molecular complexity index is 426. The van der Waals surface area contributed by atoms with Gasteiger partial charge in [-0.05, 0) is 12.1 Å². The van der Waals surface area contributed by atoms with E-state index in [2.05, 4.69) is 6.58 Å². The predicted molar refractivity (Wildman–Crippen MR) is 65.4 cm³/mol. The molecular formula is C13H15FN2O. The van der Waals surface area contributed by atoms with E-state index in [1.54, 1.807) is 25.3 Å². The molecule has 0 aliphatic carbocycles. The van der Waals surface area contributed by atoms with Gasteiger partial charge in [0.2, 0.25) is 0 Å². The zero-order valence-electron chi connectivity index (χ0n) is 9.82. The lowest BCUT2D eigenvalue weighted by molar-refractivity contribution is 0.205. The number of ether oxygens (including phenoxy) is 1. The van der Waals surface area contributed by atoms with Gasteiger partial charge in [-0.3, -0.25) is 0 Å². The van der Waals surface area contributed by atoms with Gasteiger partial charge in [-0.1, -0.05) is 12.1 Å². The number of hydrogen-bond donors (Lipinski definition) is 0. The Morgan fingerprint density at radius 2 is 2.35 bits per heavy atom. The monoisotopic (exact) mass is 234 g/mol. The molecule has 0 atom stereocenters. The summed E-state index contributed by atoms with van der Waals surface area (Å²) in [6, 6.07) is 6.48. The molecule has 0 heterocycles. The molecule has 3 nitrogen and oxygen atoms in total. The van der Waals surface area contributed by atoms with E-state index in [1.807, 2.05) is 11.0 Å². The van der Waals surface area contributed by atoms with Gasteiger partial charge in [0.15, 0.2) is 0 Å². The van der Waals surface area contributed by atoms with Crippen LogP contribution in [-0.4, -0.2) is 26.8 Å². The molecule has 1 rings (SSSR count). The molecule has 0 saturated heterocycles. The van der Waals surface area contributed by atoms with Gasteiger partial charge in [-0.15, -0.1) is 6.58 Å². The van der Waals surface area contributed by atoms with Gasteiger partial charge in [-0.2, -0.15) is 5.26 Å². The maximum Gasteiger partial charge on any atom is 0.143 e. The third-order valence-electron chi connectivity index (χ3n) is 2.36. The van der Waals surface area contributed by atoms with Crippen LogP contribution in [0.25, 0.3) is 0 Å². The summed E-state index contributed by atoms with van der Waals surface area (Å²) in [5, 5.41) is 8.97. The van der Waals surface area contributed by atoms with Crippen LogP contribution in [0.15, 0.2) is 30.9 Å². The van der Waals surface area contributed by atoms with Crippen LogP contribution in [0.3, 0.4) is 0 Å². The van der Waals surface area contributed by atoms with Gasteiger partial charge < -0.3 is 9.64 Å². The minimum Gasteiger partial charge on any atom is -0.383 e. The minimum absolute atomic E-state index is 0.0606. The number of nitrogens with zero attached hydrogens (tertiary/aromatic N) is 2. The number of halogens is 1. The van der Waals surface area contributed by atoms with Gasteiger partial charge in [-0.25, -0.2) is 4.39 Å². The highest BCUT2D eigenvalue weighted by atomic mass is 19.1. The number of anilines is 1. The number of hydrogen-bond acceptors (Lipinski definition) is 3. The van der Waals surface area contributed by atoms with Gasteiger partial charge >= 0.3 is 0 Å². The van der Waals surface area contributed by atoms with E-state index in [-0.39, 0.29) is 5.56 Å². The first-order valence-corrected chi connectivity index (χ1v) is 5.28. The predicted octanol–water partition coefficient (Wildman–Crippen LogP) is 2.34. The molecule has 0 amide bonds. The molecule has 0 spiro atoms. The molecular weight excluding hydrogens is 219 g/mol. The van der Waals surface area contributed by atoms with Crippen LogP contribution >= 0.6 is 0 Å². The number of methoxy groups -OCH3 is 1. The third kappa shape index (κ3) is 3.30. The highest BCUT2D eigenvalue weighted by molar-refractivity contribution is 5.60. The van der Waals surface area contributed by atoms with Crippen molar-refractivity contribution in [2.45, 2.75) is 0 Å². The van der Waals surface area contributed by atoms with Crippen molar-refractivity contribution in [2.75, 3.05) is 31.7 Å². The number of rotatable bonds is 6. The van der Waals surface area contributed by atoms with Gasteiger partial charge in [0.25, 0.3) is 0 Å². The maximum absolute atomic E-state index is 13.5. The normalized spacial score (nSPS) is 9.71. The van der Waals surface area contributed by atoms with Crippen molar-refractivity contribution in [1.82, 2.24) is 0 Å². The van der Waals surface area contributed by atoms with Crippen LogP contribution in [0.2, 0.25) is 0 Å². The summed E-state index contributed by atoms with van der Waals surface area (Å²) < 4.78 is 18.5. The lowest BCUT2D eigenvalue weighted by Gasteiger charge is -2.24. The molecule has 1 aromatic rings. The van der Waals surface area contributed by atoms with Gasteiger partial charge in [0.1, 0.15) is 17.4 Å². The van der Waals surface area contributed by atoms with E-state index in [4.69, 9.17) is 10.00 Å². The topological polar surface area (TPSA) is 36.3 Å². The quantitative estimate of drug-likeness (QED) is 0.709. The molecule has 4 heteroatoms. The van der Waals surface area contributed by atoms with Crippen LogP contribution in [-0.2, 0) is 4.74 Å². The van der Waals surface area contributed by atoms with Crippen LogP contribution in [0.1, 0.15) is 5.56 Å². The van der Waals surface area contributed by atoms with Crippen molar-refractivity contribution in [2.24, 2.45) is 0 Å². The van der Waals surface area contributed by atoms with Crippen molar-refractivity contribution >= 4 is 5.69 Å². The zero-order valence-corrected chi connectivity index (χ0v) is 9.82. The highest BCUT2D eigenvalue weighted by Gasteiger charge is 2.13. The smallest absolute Gasteiger partial charge is 0.143 e. The summed E-state index contributed by atoms with van der Waals surface area (Å²) in [4.78, 5) is 1.86. The molecule has 0 bridgehead atoms. The standard InChI is InChI=1S/C13H15FN2O/c1-3-7-16(8-9-17-2)13-6-4-5-12(14)11(13)10-15/h3-6H,1,7-9H2,2H3. The molecule has 1 aromatic carbocycles. The van der Waals surface area contributed by atoms with Gasteiger partial charge in [0, 0.05) is 20.2 Å². The molecule has 90 valence electrons. The average molecular weight is 234 g/mol. The Labute approximate surface area is 101 Å². The second-order valence-corrected chi connectivity index (χ2v) is 3.47. The largest absolute Gasteiger partial charge is 0.383 e. The third-order valence-corrected chi connectivity index (χ3v) is 2.36. The van der Waals surface area contributed by atoms with E-state index < -0.39 is 5.82 Å². The summed E-state index contributed by atoms with van der Waals surface area (Å²) in [5.41, 5.74) is 0.634.